The summed E-state index contributed by atoms with van der Waals surface area (Å²) in [7, 11) is 0. The van der Waals surface area contributed by atoms with Crippen LogP contribution in [0.25, 0.3) is 0 Å². The van der Waals surface area contributed by atoms with E-state index in [0.29, 0.717) is 12.0 Å². The van der Waals surface area contributed by atoms with Crippen LogP contribution in [0.1, 0.15) is 44.9 Å². The first-order chi connectivity index (χ1) is 11.3. The number of carbonyl (C=O) groups excluding carboxylic acids is 1. The van der Waals surface area contributed by atoms with Gasteiger partial charge in [-0.3, -0.25) is 15.1 Å². The van der Waals surface area contributed by atoms with E-state index in [1.54, 1.807) is 5.57 Å². The maximum Gasteiger partial charge on any atom is 0.261 e. The number of hydrogen-bond donors (Lipinski definition) is 2. The molecule has 2 fully saturated rings. The normalized spacial score (nSPS) is 34.0. The number of fused-ring (bicyclic) bond motifs is 1. The molecule has 23 heavy (non-hydrogen) atoms. The Morgan fingerprint density at radius 3 is 2.74 bits per heavy atom. The van der Waals surface area contributed by atoms with E-state index in [0.717, 1.165) is 31.0 Å². The van der Waals surface area contributed by atoms with E-state index < -0.39 is 0 Å². The fourth-order valence-electron chi connectivity index (χ4n) is 4.89. The molecule has 1 heterocycles. The predicted molar refractivity (Wildman–Crippen MR) is 91.2 cm³/mol. The number of amides is 1. The first-order valence-corrected chi connectivity index (χ1v) is 9.11. The zero-order valence-corrected chi connectivity index (χ0v) is 13.8. The van der Waals surface area contributed by atoms with Crippen LogP contribution in [0.4, 0.5) is 0 Å². The first-order valence-electron chi connectivity index (χ1n) is 9.11. The summed E-state index contributed by atoms with van der Waals surface area (Å²) in [6, 6.07) is 0.710. The van der Waals surface area contributed by atoms with Crippen molar-refractivity contribution in [3.05, 3.63) is 34.9 Å². The summed E-state index contributed by atoms with van der Waals surface area (Å²) in [6.45, 7) is 2.13. The van der Waals surface area contributed by atoms with Gasteiger partial charge < -0.3 is 0 Å². The van der Waals surface area contributed by atoms with Crippen molar-refractivity contribution >= 4 is 5.91 Å². The monoisotopic (exact) mass is 313 g/mol. The van der Waals surface area contributed by atoms with Crippen LogP contribution in [0.15, 0.2) is 34.9 Å². The Morgan fingerprint density at radius 1 is 1.22 bits per heavy atom. The minimum absolute atomic E-state index is 0.0622. The zero-order chi connectivity index (χ0) is 15.8. The molecule has 1 unspecified atom stereocenters. The van der Waals surface area contributed by atoms with Crippen molar-refractivity contribution in [3.63, 3.8) is 0 Å². The third-order valence-electron chi connectivity index (χ3n) is 6.27. The number of hydrogen-bond acceptors (Lipinski definition) is 3. The van der Waals surface area contributed by atoms with E-state index in [-0.39, 0.29) is 5.91 Å². The van der Waals surface area contributed by atoms with Crippen LogP contribution in [0.2, 0.25) is 0 Å². The van der Waals surface area contributed by atoms with Crippen molar-refractivity contribution in [2.45, 2.75) is 51.0 Å². The van der Waals surface area contributed by atoms with Crippen molar-refractivity contribution < 1.29 is 4.79 Å². The zero-order valence-electron chi connectivity index (χ0n) is 13.8. The topological polar surface area (TPSA) is 58.4 Å². The highest BCUT2D eigenvalue weighted by Crippen LogP contribution is 2.47. The molecule has 3 aliphatic carbocycles. The van der Waals surface area contributed by atoms with E-state index in [1.807, 2.05) is 0 Å². The summed E-state index contributed by atoms with van der Waals surface area (Å²) in [5.74, 6) is 6.46. The quantitative estimate of drug-likeness (QED) is 0.478. The predicted octanol–water partition coefficient (Wildman–Crippen LogP) is 2.44. The second kappa shape index (κ2) is 6.25. The molecule has 1 amide bonds. The van der Waals surface area contributed by atoms with Gasteiger partial charge in [0.25, 0.3) is 5.91 Å². The molecule has 4 rings (SSSR count). The Bertz CT molecular complexity index is 581. The molecule has 4 aliphatic rings. The number of nitrogens with zero attached hydrogens (tertiary/aromatic N) is 1. The average molecular weight is 313 g/mol. The minimum Gasteiger partial charge on any atom is -0.296 e. The fourth-order valence-corrected chi connectivity index (χ4v) is 4.89. The second-order valence-electron chi connectivity index (χ2n) is 7.44. The van der Waals surface area contributed by atoms with Gasteiger partial charge in [0.2, 0.25) is 0 Å². The summed E-state index contributed by atoms with van der Waals surface area (Å²) < 4.78 is 0. The van der Waals surface area contributed by atoms with Gasteiger partial charge in [-0.1, -0.05) is 23.8 Å². The Balaban J connectivity index is 1.33. The molecule has 1 aliphatic heterocycles. The third kappa shape index (κ3) is 2.90. The van der Waals surface area contributed by atoms with Gasteiger partial charge in [0.15, 0.2) is 0 Å². The lowest BCUT2D eigenvalue weighted by Gasteiger charge is -2.39. The third-order valence-corrected chi connectivity index (χ3v) is 6.27. The lowest BCUT2D eigenvalue weighted by atomic mass is 9.78. The molecule has 1 saturated heterocycles. The number of carbonyl (C=O) groups is 1. The van der Waals surface area contributed by atoms with Crippen LogP contribution in [-0.4, -0.2) is 29.9 Å². The highest BCUT2D eigenvalue weighted by atomic mass is 16.2. The molecule has 124 valence electrons. The van der Waals surface area contributed by atoms with E-state index in [2.05, 4.69) is 28.6 Å². The van der Waals surface area contributed by atoms with Crippen LogP contribution >= 0.6 is 0 Å². The van der Waals surface area contributed by atoms with Crippen molar-refractivity contribution in [3.8, 4) is 0 Å². The fraction of sp³-hybridized carbons (Fsp3) is 0.632. The number of likely N-dealkylation sites (tertiary alicyclic amines) is 1. The highest BCUT2D eigenvalue weighted by Gasteiger charge is 2.45. The Kier molecular flexibility index (Phi) is 4.12. The number of rotatable bonds is 3. The number of piperidine rings is 1. The minimum atomic E-state index is -0.0622. The number of allylic oxidation sites excluding steroid dienone is 4. The van der Waals surface area contributed by atoms with E-state index in [1.165, 1.54) is 44.1 Å². The average Bonchev–Trinajstić information content (AvgIpc) is 3.35. The maximum absolute atomic E-state index is 11.7. The smallest absolute Gasteiger partial charge is 0.261 e. The molecule has 3 N–H and O–H groups in total. The Labute approximate surface area is 138 Å². The van der Waals surface area contributed by atoms with E-state index in [4.69, 9.17) is 5.84 Å². The molecule has 1 saturated carbocycles. The Morgan fingerprint density at radius 2 is 2.04 bits per heavy atom. The molecule has 0 radical (unpaired) electrons. The molecule has 4 heteroatoms. The molecular weight excluding hydrogens is 286 g/mol. The largest absolute Gasteiger partial charge is 0.296 e. The molecule has 0 spiro atoms. The van der Waals surface area contributed by atoms with Crippen LogP contribution in [0, 0.1) is 11.8 Å². The first kappa shape index (κ1) is 15.2. The SMILES string of the molecule is NNC(=O)C1=C2CN(C3CCC(C4=CC=CCC4)CC3)CCC21. The van der Waals surface area contributed by atoms with Gasteiger partial charge in [-0.05, 0) is 63.0 Å². The second-order valence-corrected chi connectivity index (χ2v) is 7.44. The standard InChI is InChI=1S/C19H27N3O/c20-21-19(23)18-16-10-11-22(12-17(16)18)15-8-6-14(7-9-15)13-4-2-1-3-5-13/h1-2,4,14-16H,3,5-12,20H2,(H,21,23). The summed E-state index contributed by atoms with van der Waals surface area (Å²) >= 11 is 0. The molecule has 1 atom stereocenters. The van der Waals surface area contributed by atoms with Crippen LogP contribution < -0.4 is 11.3 Å². The van der Waals surface area contributed by atoms with Crippen molar-refractivity contribution in [1.82, 2.24) is 10.3 Å². The Hall–Kier alpha value is -1.39. The van der Waals surface area contributed by atoms with Crippen LogP contribution in [0.3, 0.4) is 0 Å². The maximum atomic E-state index is 11.7. The molecule has 4 nitrogen and oxygen atoms in total. The van der Waals surface area contributed by atoms with Gasteiger partial charge >= 0.3 is 0 Å². The molecular formula is C19H27N3O. The van der Waals surface area contributed by atoms with Crippen molar-refractivity contribution in [1.29, 1.82) is 0 Å². The van der Waals surface area contributed by atoms with Crippen LogP contribution in [0.5, 0.6) is 0 Å². The van der Waals surface area contributed by atoms with Gasteiger partial charge in [0.05, 0.1) is 0 Å². The van der Waals surface area contributed by atoms with Crippen molar-refractivity contribution in [2.75, 3.05) is 13.1 Å². The summed E-state index contributed by atoms with van der Waals surface area (Å²) in [6.07, 6.45) is 15.7. The summed E-state index contributed by atoms with van der Waals surface area (Å²) in [4.78, 5) is 14.3. The van der Waals surface area contributed by atoms with Gasteiger partial charge in [-0.15, -0.1) is 0 Å². The number of nitrogens with two attached hydrogens (primary N) is 1. The van der Waals surface area contributed by atoms with E-state index in [9.17, 15) is 4.79 Å². The molecule has 0 aromatic carbocycles. The summed E-state index contributed by atoms with van der Waals surface area (Å²) in [5.41, 5.74) is 6.29. The van der Waals surface area contributed by atoms with Gasteiger partial charge in [0, 0.05) is 24.1 Å². The van der Waals surface area contributed by atoms with Gasteiger partial charge in [0.1, 0.15) is 0 Å². The molecule has 0 aromatic heterocycles. The number of hydrazine groups is 1. The lowest BCUT2D eigenvalue weighted by molar-refractivity contribution is -0.117. The molecule has 0 bridgehead atoms. The van der Waals surface area contributed by atoms with Gasteiger partial charge in [-0.2, -0.15) is 0 Å². The molecule has 0 aromatic rings. The highest BCUT2D eigenvalue weighted by molar-refractivity contribution is 6.00. The van der Waals surface area contributed by atoms with E-state index >= 15 is 0 Å². The lowest BCUT2D eigenvalue weighted by Crippen LogP contribution is -2.41. The van der Waals surface area contributed by atoms with Crippen molar-refractivity contribution in [2.24, 2.45) is 17.7 Å². The number of nitrogens with one attached hydrogen (secondary N) is 1. The van der Waals surface area contributed by atoms with Gasteiger partial charge in [-0.25, -0.2) is 5.84 Å². The van der Waals surface area contributed by atoms with Crippen LogP contribution in [-0.2, 0) is 4.79 Å². The summed E-state index contributed by atoms with van der Waals surface area (Å²) in [5, 5.41) is 0.